The number of rotatable bonds is 5. The number of methoxy groups -OCH3 is 1. The molecule has 1 atom stereocenters. The van der Waals surface area contributed by atoms with Gasteiger partial charge in [0.1, 0.15) is 12.1 Å². The van der Waals surface area contributed by atoms with Crippen molar-refractivity contribution >= 4 is 11.8 Å². The Hall–Kier alpha value is -1.69. The standard InChI is InChI=1S/C14H21N3O3/c1-3-20-14(18)11-5-4-6-17(8-11)13-7-12(9-19-2)15-10-16-13/h7,10-11H,3-6,8-9H2,1-2H3. The van der Waals surface area contributed by atoms with E-state index in [0.717, 1.165) is 30.9 Å². The van der Waals surface area contributed by atoms with Gasteiger partial charge in [-0.2, -0.15) is 0 Å². The first kappa shape index (κ1) is 14.7. The molecule has 1 saturated heterocycles. The van der Waals surface area contributed by atoms with E-state index in [4.69, 9.17) is 9.47 Å². The van der Waals surface area contributed by atoms with Crippen molar-refractivity contribution in [1.29, 1.82) is 0 Å². The second-order valence-electron chi connectivity index (χ2n) is 4.84. The maximum Gasteiger partial charge on any atom is 0.310 e. The number of carbonyl (C=O) groups is 1. The Kier molecular flexibility index (Phi) is 5.29. The summed E-state index contributed by atoms with van der Waals surface area (Å²) in [6.45, 7) is 4.28. The van der Waals surface area contributed by atoms with E-state index in [-0.39, 0.29) is 11.9 Å². The fraction of sp³-hybridized carbons (Fsp3) is 0.643. The van der Waals surface area contributed by atoms with Gasteiger partial charge in [0.2, 0.25) is 0 Å². The van der Waals surface area contributed by atoms with Gasteiger partial charge in [-0.15, -0.1) is 0 Å². The Bertz CT molecular complexity index is 453. The van der Waals surface area contributed by atoms with E-state index in [9.17, 15) is 4.79 Å². The molecule has 0 amide bonds. The minimum Gasteiger partial charge on any atom is -0.466 e. The first-order valence-corrected chi connectivity index (χ1v) is 6.96. The number of piperidine rings is 1. The van der Waals surface area contributed by atoms with Crippen LogP contribution in [-0.4, -0.2) is 42.7 Å². The van der Waals surface area contributed by atoms with Crippen LogP contribution in [0.25, 0.3) is 0 Å². The van der Waals surface area contributed by atoms with Crippen LogP contribution in [0.5, 0.6) is 0 Å². The molecule has 0 radical (unpaired) electrons. The summed E-state index contributed by atoms with van der Waals surface area (Å²) in [5.41, 5.74) is 0.843. The summed E-state index contributed by atoms with van der Waals surface area (Å²) >= 11 is 0. The van der Waals surface area contributed by atoms with Crippen LogP contribution in [0.4, 0.5) is 5.82 Å². The van der Waals surface area contributed by atoms with Crippen molar-refractivity contribution in [3.8, 4) is 0 Å². The highest BCUT2D eigenvalue weighted by molar-refractivity contribution is 5.73. The highest BCUT2D eigenvalue weighted by Crippen LogP contribution is 2.22. The van der Waals surface area contributed by atoms with E-state index in [0.29, 0.717) is 19.8 Å². The van der Waals surface area contributed by atoms with Gasteiger partial charge in [0, 0.05) is 26.3 Å². The maximum atomic E-state index is 11.8. The number of nitrogens with zero attached hydrogens (tertiary/aromatic N) is 3. The average molecular weight is 279 g/mol. The molecule has 0 saturated carbocycles. The largest absolute Gasteiger partial charge is 0.466 e. The molecule has 1 aliphatic rings. The lowest BCUT2D eigenvalue weighted by Crippen LogP contribution is -2.39. The summed E-state index contributed by atoms with van der Waals surface area (Å²) in [4.78, 5) is 22.4. The van der Waals surface area contributed by atoms with Crippen LogP contribution in [0.3, 0.4) is 0 Å². The molecule has 1 fully saturated rings. The van der Waals surface area contributed by atoms with Crippen molar-refractivity contribution < 1.29 is 14.3 Å². The van der Waals surface area contributed by atoms with Crippen molar-refractivity contribution in [1.82, 2.24) is 9.97 Å². The van der Waals surface area contributed by atoms with Crippen LogP contribution >= 0.6 is 0 Å². The van der Waals surface area contributed by atoms with Gasteiger partial charge in [0.15, 0.2) is 0 Å². The fourth-order valence-electron chi connectivity index (χ4n) is 2.42. The molecule has 110 valence electrons. The number of anilines is 1. The van der Waals surface area contributed by atoms with Crippen molar-refractivity contribution in [2.75, 3.05) is 31.7 Å². The molecule has 1 aromatic rings. The molecule has 0 aliphatic carbocycles. The molecule has 2 heterocycles. The SMILES string of the molecule is CCOC(=O)C1CCCN(c2cc(COC)ncn2)C1. The maximum absolute atomic E-state index is 11.8. The first-order valence-electron chi connectivity index (χ1n) is 6.96. The van der Waals surface area contributed by atoms with Crippen LogP contribution in [0.1, 0.15) is 25.5 Å². The minimum atomic E-state index is -0.108. The molecule has 0 N–H and O–H groups in total. The zero-order valence-electron chi connectivity index (χ0n) is 12.0. The third kappa shape index (κ3) is 3.66. The van der Waals surface area contributed by atoms with Crippen LogP contribution in [-0.2, 0) is 20.9 Å². The number of ether oxygens (including phenoxy) is 2. The topological polar surface area (TPSA) is 64.5 Å². The first-order chi connectivity index (χ1) is 9.74. The Morgan fingerprint density at radius 3 is 3.10 bits per heavy atom. The summed E-state index contributed by atoms with van der Waals surface area (Å²) in [6, 6.07) is 1.91. The van der Waals surface area contributed by atoms with Gasteiger partial charge in [-0.1, -0.05) is 0 Å². The molecule has 0 aromatic carbocycles. The molecule has 0 bridgehead atoms. The van der Waals surface area contributed by atoms with E-state index in [1.54, 1.807) is 7.11 Å². The quantitative estimate of drug-likeness (QED) is 0.759. The molecule has 6 heteroatoms. The molecule has 1 aromatic heterocycles. The van der Waals surface area contributed by atoms with Gasteiger partial charge in [-0.25, -0.2) is 9.97 Å². The van der Waals surface area contributed by atoms with Crippen LogP contribution in [0.15, 0.2) is 12.4 Å². The number of aromatic nitrogens is 2. The van der Waals surface area contributed by atoms with Crippen molar-refractivity contribution in [2.24, 2.45) is 5.92 Å². The normalized spacial score (nSPS) is 18.9. The van der Waals surface area contributed by atoms with E-state index < -0.39 is 0 Å². The second-order valence-corrected chi connectivity index (χ2v) is 4.84. The molecular formula is C14H21N3O3. The fourth-order valence-corrected chi connectivity index (χ4v) is 2.42. The zero-order chi connectivity index (χ0) is 14.4. The monoisotopic (exact) mass is 279 g/mol. The average Bonchev–Trinajstić information content (AvgIpc) is 2.48. The van der Waals surface area contributed by atoms with Gasteiger partial charge >= 0.3 is 5.97 Å². The molecule has 20 heavy (non-hydrogen) atoms. The Morgan fingerprint density at radius 2 is 2.35 bits per heavy atom. The van der Waals surface area contributed by atoms with E-state index in [2.05, 4.69) is 14.9 Å². The second kappa shape index (κ2) is 7.19. The molecular weight excluding hydrogens is 258 g/mol. The highest BCUT2D eigenvalue weighted by atomic mass is 16.5. The number of hydrogen-bond donors (Lipinski definition) is 0. The number of carbonyl (C=O) groups excluding carboxylic acids is 1. The zero-order valence-corrected chi connectivity index (χ0v) is 12.0. The lowest BCUT2D eigenvalue weighted by atomic mass is 9.98. The predicted molar refractivity (Wildman–Crippen MR) is 74.3 cm³/mol. The van der Waals surface area contributed by atoms with Gasteiger partial charge < -0.3 is 14.4 Å². The molecule has 2 rings (SSSR count). The minimum absolute atomic E-state index is 0.0652. The van der Waals surface area contributed by atoms with E-state index in [1.807, 2.05) is 13.0 Å². The highest BCUT2D eigenvalue weighted by Gasteiger charge is 2.27. The number of hydrogen-bond acceptors (Lipinski definition) is 6. The van der Waals surface area contributed by atoms with Crippen molar-refractivity contribution in [3.63, 3.8) is 0 Å². The van der Waals surface area contributed by atoms with Gasteiger partial charge in [-0.3, -0.25) is 4.79 Å². The number of esters is 1. The molecule has 1 unspecified atom stereocenters. The van der Waals surface area contributed by atoms with Crippen LogP contribution in [0, 0.1) is 5.92 Å². The lowest BCUT2D eigenvalue weighted by Gasteiger charge is -2.32. The molecule has 1 aliphatic heterocycles. The predicted octanol–water partition coefficient (Wildman–Crippen LogP) is 1.40. The van der Waals surface area contributed by atoms with Crippen molar-refractivity contribution in [2.45, 2.75) is 26.4 Å². The molecule has 6 nitrogen and oxygen atoms in total. The summed E-state index contributed by atoms with van der Waals surface area (Å²) < 4.78 is 10.2. The summed E-state index contributed by atoms with van der Waals surface area (Å²) in [5, 5.41) is 0. The van der Waals surface area contributed by atoms with Crippen molar-refractivity contribution in [3.05, 3.63) is 18.1 Å². The van der Waals surface area contributed by atoms with E-state index in [1.165, 1.54) is 6.33 Å². The third-order valence-corrected chi connectivity index (χ3v) is 3.37. The smallest absolute Gasteiger partial charge is 0.310 e. The van der Waals surface area contributed by atoms with Crippen LogP contribution < -0.4 is 4.90 Å². The van der Waals surface area contributed by atoms with Gasteiger partial charge in [-0.05, 0) is 19.8 Å². The van der Waals surface area contributed by atoms with Gasteiger partial charge in [0.05, 0.1) is 24.8 Å². The lowest BCUT2D eigenvalue weighted by molar-refractivity contribution is -0.148. The molecule has 0 spiro atoms. The third-order valence-electron chi connectivity index (χ3n) is 3.37. The Balaban J connectivity index is 2.04. The summed E-state index contributed by atoms with van der Waals surface area (Å²) in [5.74, 6) is 0.675. The van der Waals surface area contributed by atoms with Gasteiger partial charge in [0.25, 0.3) is 0 Å². The Morgan fingerprint density at radius 1 is 1.50 bits per heavy atom. The Labute approximate surface area is 119 Å². The van der Waals surface area contributed by atoms with E-state index >= 15 is 0 Å². The summed E-state index contributed by atoms with van der Waals surface area (Å²) in [6.07, 6.45) is 3.39. The summed E-state index contributed by atoms with van der Waals surface area (Å²) in [7, 11) is 1.64. The van der Waals surface area contributed by atoms with Crippen LogP contribution in [0.2, 0.25) is 0 Å².